The number of hydrogen-bond acceptors (Lipinski definition) is 5. The number of piperidine rings is 1. The maximum atomic E-state index is 13.4. The molecule has 0 aliphatic carbocycles. The summed E-state index contributed by atoms with van der Waals surface area (Å²) in [5.74, 6) is -0.452. The molecule has 1 unspecified atom stereocenters. The molecule has 2 aliphatic heterocycles. The Morgan fingerprint density at radius 1 is 1.15 bits per heavy atom. The molecule has 1 spiro atoms. The summed E-state index contributed by atoms with van der Waals surface area (Å²) in [6.07, 6.45) is -3.78. The van der Waals surface area contributed by atoms with Crippen molar-refractivity contribution in [3.63, 3.8) is 0 Å². The molecule has 2 aromatic rings. The Morgan fingerprint density at radius 2 is 1.79 bits per heavy atom. The van der Waals surface area contributed by atoms with Crippen LogP contribution in [0.2, 0.25) is 5.02 Å². The van der Waals surface area contributed by atoms with Crippen molar-refractivity contribution in [2.75, 3.05) is 25.5 Å². The maximum absolute atomic E-state index is 13.4. The smallest absolute Gasteiger partial charge is 0.417 e. The minimum absolute atomic E-state index is 0.0110. The molecular formula is C27H30ClF3N4O4. The Bertz CT molecular complexity index is 1240. The van der Waals surface area contributed by atoms with E-state index in [0.717, 1.165) is 17.7 Å². The van der Waals surface area contributed by atoms with E-state index in [2.05, 4.69) is 10.6 Å². The Kier molecular flexibility index (Phi) is 8.13. The predicted octanol–water partition coefficient (Wildman–Crippen LogP) is 5.13. The molecule has 4 rings (SSSR count). The molecule has 0 aromatic heterocycles. The van der Waals surface area contributed by atoms with Crippen LogP contribution in [0.25, 0.3) is 0 Å². The van der Waals surface area contributed by atoms with Crippen LogP contribution in [0.4, 0.5) is 23.7 Å². The number of carbonyl (C=O) groups excluding carboxylic acids is 3. The van der Waals surface area contributed by atoms with E-state index < -0.39 is 40.5 Å². The number of esters is 1. The van der Waals surface area contributed by atoms with Gasteiger partial charge in [0.2, 0.25) is 5.91 Å². The average Bonchev–Trinajstić information content (AvgIpc) is 3.16. The molecule has 210 valence electrons. The van der Waals surface area contributed by atoms with E-state index in [4.69, 9.17) is 16.3 Å². The number of halogens is 4. The number of anilines is 1. The molecule has 8 nitrogen and oxygen atoms in total. The van der Waals surface area contributed by atoms with Crippen molar-refractivity contribution in [3.05, 3.63) is 64.2 Å². The van der Waals surface area contributed by atoms with Gasteiger partial charge in [-0.05, 0) is 41.8 Å². The number of alkyl halides is 3. The molecule has 2 N–H and O–H groups in total. The summed E-state index contributed by atoms with van der Waals surface area (Å²) >= 11 is 5.68. The van der Waals surface area contributed by atoms with E-state index in [1.165, 1.54) is 18.1 Å². The minimum atomic E-state index is -4.65. The second-order valence-corrected chi connectivity index (χ2v) is 10.5. The van der Waals surface area contributed by atoms with Crippen molar-refractivity contribution in [1.82, 2.24) is 15.1 Å². The third-order valence-corrected chi connectivity index (χ3v) is 7.59. The first-order valence-electron chi connectivity index (χ1n) is 12.5. The van der Waals surface area contributed by atoms with Crippen molar-refractivity contribution < 1.29 is 32.3 Å². The lowest BCUT2D eigenvalue weighted by molar-refractivity contribution is -0.137. The first-order valence-corrected chi connectivity index (χ1v) is 12.9. The normalized spacial score (nSPS) is 19.1. The monoisotopic (exact) mass is 566 g/mol. The van der Waals surface area contributed by atoms with Gasteiger partial charge in [-0.3, -0.25) is 10.1 Å². The minimum Gasteiger partial charge on any atom is -0.465 e. The van der Waals surface area contributed by atoms with Gasteiger partial charge in [-0.25, -0.2) is 9.59 Å². The van der Waals surface area contributed by atoms with Crippen LogP contribution >= 0.6 is 11.6 Å². The van der Waals surface area contributed by atoms with Gasteiger partial charge in [0.1, 0.15) is 0 Å². The molecule has 2 aromatic carbocycles. The zero-order valence-electron chi connectivity index (χ0n) is 21.8. The quantitative estimate of drug-likeness (QED) is 0.490. The van der Waals surface area contributed by atoms with Gasteiger partial charge in [0.15, 0.2) is 0 Å². The summed E-state index contributed by atoms with van der Waals surface area (Å²) in [5.41, 5.74) is -0.478. The van der Waals surface area contributed by atoms with Crippen LogP contribution in [0.15, 0.2) is 42.5 Å². The lowest BCUT2D eigenvalue weighted by Gasteiger charge is -2.44. The number of methoxy groups -OCH3 is 1. The first kappa shape index (κ1) is 28.7. The number of urea groups is 1. The molecule has 12 heteroatoms. The van der Waals surface area contributed by atoms with Crippen molar-refractivity contribution in [2.45, 2.75) is 51.1 Å². The summed E-state index contributed by atoms with van der Waals surface area (Å²) < 4.78 is 44.4. The van der Waals surface area contributed by atoms with Crippen LogP contribution < -0.4 is 10.6 Å². The zero-order chi connectivity index (χ0) is 28.5. The Morgan fingerprint density at radius 3 is 2.36 bits per heavy atom. The topological polar surface area (TPSA) is 91.0 Å². The second kappa shape index (κ2) is 11.1. The number of carbonyl (C=O) groups is 3. The molecule has 2 aliphatic rings. The first-order chi connectivity index (χ1) is 18.3. The van der Waals surface area contributed by atoms with Crippen molar-refractivity contribution in [3.8, 4) is 0 Å². The Hall–Kier alpha value is -3.31. The van der Waals surface area contributed by atoms with Crippen LogP contribution in [0.3, 0.4) is 0 Å². The number of ether oxygens (including phenoxy) is 1. The molecule has 1 atom stereocenters. The third-order valence-electron chi connectivity index (χ3n) is 7.26. The van der Waals surface area contributed by atoms with Gasteiger partial charge in [0.25, 0.3) is 0 Å². The molecule has 0 bridgehead atoms. The summed E-state index contributed by atoms with van der Waals surface area (Å²) in [5, 5.41) is 5.59. The molecule has 0 radical (unpaired) electrons. The zero-order valence-corrected chi connectivity index (χ0v) is 22.5. The molecule has 2 saturated heterocycles. The van der Waals surface area contributed by atoms with E-state index in [1.54, 1.807) is 29.2 Å². The highest BCUT2D eigenvalue weighted by atomic mass is 35.5. The number of hydrogen-bond donors (Lipinski definition) is 2. The van der Waals surface area contributed by atoms with E-state index in [9.17, 15) is 27.6 Å². The van der Waals surface area contributed by atoms with Gasteiger partial charge < -0.3 is 19.9 Å². The van der Waals surface area contributed by atoms with E-state index >= 15 is 0 Å². The number of likely N-dealkylation sites (tertiary alicyclic amines) is 1. The van der Waals surface area contributed by atoms with Crippen LogP contribution in [-0.4, -0.2) is 59.6 Å². The lowest BCUT2D eigenvalue weighted by Crippen LogP contribution is -2.59. The average molecular weight is 567 g/mol. The van der Waals surface area contributed by atoms with Crippen molar-refractivity contribution >= 4 is 35.2 Å². The molecular weight excluding hydrogens is 537 g/mol. The summed E-state index contributed by atoms with van der Waals surface area (Å²) in [6, 6.07) is 9.15. The van der Waals surface area contributed by atoms with Crippen LogP contribution in [0.5, 0.6) is 0 Å². The number of nitrogens with zero attached hydrogens (tertiary/aromatic N) is 2. The molecule has 39 heavy (non-hydrogen) atoms. The van der Waals surface area contributed by atoms with Gasteiger partial charge >= 0.3 is 18.2 Å². The second-order valence-electron chi connectivity index (χ2n) is 10.1. The van der Waals surface area contributed by atoms with E-state index in [1.807, 2.05) is 13.8 Å². The maximum Gasteiger partial charge on any atom is 0.417 e. The van der Waals surface area contributed by atoms with Gasteiger partial charge in [-0.1, -0.05) is 37.6 Å². The highest BCUT2D eigenvalue weighted by Crippen LogP contribution is 2.37. The molecule has 2 heterocycles. The highest BCUT2D eigenvalue weighted by Gasteiger charge is 2.52. The molecule has 3 amide bonds. The fourth-order valence-corrected chi connectivity index (χ4v) is 5.28. The predicted molar refractivity (Wildman–Crippen MR) is 139 cm³/mol. The van der Waals surface area contributed by atoms with Gasteiger partial charge in [-0.2, -0.15) is 13.2 Å². The fourth-order valence-electron chi connectivity index (χ4n) is 5.05. The van der Waals surface area contributed by atoms with Gasteiger partial charge in [-0.15, -0.1) is 0 Å². The van der Waals surface area contributed by atoms with E-state index in [-0.39, 0.29) is 30.6 Å². The summed E-state index contributed by atoms with van der Waals surface area (Å²) in [6.45, 7) is 4.81. The largest absolute Gasteiger partial charge is 0.465 e. The van der Waals surface area contributed by atoms with Crippen molar-refractivity contribution in [1.29, 1.82) is 0 Å². The molecule has 0 saturated carbocycles. The standard InChI is InChI=1S/C27H30ClF3N4O4/c1-16(2)22-23(36)35(15-17-4-6-18(7-5-17)24(37)39-3)26(33-22)10-12-34(13-11-26)25(38)32-19-8-9-21(28)20(14-19)27(29,30)31/h4-9,14,16,22,33H,10-13,15H2,1-3H3,(H,32,38). The number of amides is 3. The fraction of sp³-hybridized carbons (Fsp3) is 0.444. The van der Waals surface area contributed by atoms with Crippen molar-refractivity contribution in [2.24, 2.45) is 5.92 Å². The SMILES string of the molecule is COC(=O)c1ccc(CN2C(=O)C(C(C)C)NC23CCN(C(=O)Nc2ccc(Cl)c(C(F)(F)F)c2)CC3)cc1. The van der Waals surface area contributed by atoms with Crippen LogP contribution in [0, 0.1) is 5.92 Å². The molecule has 2 fully saturated rings. The number of benzene rings is 2. The van der Waals surface area contributed by atoms with Gasteiger partial charge in [0, 0.05) is 38.2 Å². The highest BCUT2D eigenvalue weighted by molar-refractivity contribution is 6.31. The third kappa shape index (κ3) is 5.99. The Balaban J connectivity index is 1.47. The van der Waals surface area contributed by atoms with E-state index in [0.29, 0.717) is 24.9 Å². The lowest BCUT2D eigenvalue weighted by atomic mass is 9.95. The number of nitrogens with one attached hydrogen (secondary N) is 2. The summed E-state index contributed by atoms with van der Waals surface area (Å²) in [4.78, 5) is 41.4. The number of rotatable bonds is 5. The van der Waals surface area contributed by atoms with Crippen LogP contribution in [0.1, 0.15) is 48.2 Å². The van der Waals surface area contributed by atoms with Gasteiger partial charge in [0.05, 0.1) is 35.0 Å². The Labute approximate surface area is 229 Å². The van der Waals surface area contributed by atoms with Crippen LogP contribution in [-0.2, 0) is 22.3 Å². The summed E-state index contributed by atoms with van der Waals surface area (Å²) in [7, 11) is 1.31.